The molecule has 1 aliphatic rings. The first-order valence-corrected chi connectivity index (χ1v) is 5.77. The lowest BCUT2D eigenvalue weighted by Crippen LogP contribution is -2.15. The van der Waals surface area contributed by atoms with Crippen LogP contribution in [-0.4, -0.2) is 29.5 Å². The van der Waals surface area contributed by atoms with Crippen molar-refractivity contribution in [2.45, 2.75) is 45.3 Å². The molecule has 1 aromatic heterocycles. The third kappa shape index (κ3) is 3.02. The van der Waals surface area contributed by atoms with Gasteiger partial charge in [0.05, 0.1) is 18.6 Å². The molecular weight excluding hydrogens is 208 g/mol. The van der Waals surface area contributed by atoms with Gasteiger partial charge in [-0.1, -0.05) is 5.16 Å². The molecule has 0 radical (unpaired) electrons. The third-order valence-electron chi connectivity index (χ3n) is 2.54. The molecule has 0 spiro atoms. The van der Waals surface area contributed by atoms with Crippen LogP contribution in [0.2, 0.25) is 0 Å². The van der Waals surface area contributed by atoms with Gasteiger partial charge in [0, 0.05) is 6.61 Å². The maximum absolute atomic E-state index is 5.41. The molecule has 1 atom stereocenters. The summed E-state index contributed by atoms with van der Waals surface area (Å²) in [5, 5.41) is 3.90. The Labute approximate surface area is 95.1 Å². The summed E-state index contributed by atoms with van der Waals surface area (Å²) in [5.74, 6) is 1.56. The summed E-state index contributed by atoms with van der Waals surface area (Å²) in [4.78, 5) is 4.32. The molecule has 0 aromatic carbocycles. The number of rotatable bonds is 4. The zero-order valence-electron chi connectivity index (χ0n) is 9.81. The number of aromatic nitrogens is 2. The highest BCUT2D eigenvalue weighted by atomic mass is 16.5. The number of ether oxygens (including phenoxy) is 2. The molecule has 5 nitrogen and oxygen atoms in total. The van der Waals surface area contributed by atoms with Crippen LogP contribution in [0, 0.1) is 0 Å². The van der Waals surface area contributed by atoms with Gasteiger partial charge in [-0.05, 0) is 26.7 Å². The van der Waals surface area contributed by atoms with Crippen molar-refractivity contribution >= 4 is 0 Å². The molecule has 1 saturated heterocycles. The highest BCUT2D eigenvalue weighted by Crippen LogP contribution is 2.23. The minimum atomic E-state index is 0.181. The van der Waals surface area contributed by atoms with E-state index in [0.29, 0.717) is 24.9 Å². The normalized spacial score (nSPS) is 21.6. The Balaban J connectivity index is 1.90. The van der Waals surface area contributed by atoms with Gasteiger partial charge in [0.2, 0.25) is 5.89 Å². The lowest BCUT2D eigenvalue weighted by Gasteiger charge is -2.18. The van der Waals surface area contributed by atoms with Gasteiger partial charge in [-0.2, -0.15) is 4.98 Å². The van der Waals surface area contributed by atoms with Gasteiger partial charge in [-0.25, -0.2) is 0 Å². The van der Waals surface area contributed by atoms with Gasteiger partial charge in [0.15, 0.2) is 5.82 Å². The summed E-state index contributed by atoms with van der Waals surface area (Å²) in [7, 11) is 0. The molecule has 0 amide bonds. The van der Waals surface area contributed by atoms with Gasteiger partial charge < -0.3 is 14.0 Å². The highest BCUT2D eigenvalue weighted by molar-refractivity contribution is 4.94. The van der Waals surface area contributed by atoms with Crippen LogP contribution in [0.3, 0.4) is 0 Å². The largest absolute Gasteiger partial charge is 0.381 e. The Bertz CT molecular complexity index is 319. The van der Waals surface area contributed by atoms with Crippen molar-refractivity contribution in [3.8, 4) is 0 Å². The van der Waals surface area contributed by atoms with E-state index in [1.807, 2.05) is 13.8 Å². The van der Waals surface area contributed by atoms with Crippen molar-refractivity contribution in [1.82, 2.24) is 10.1 Å². The Morgan fingerprint density at radius 3 is 3.06 bits per heavy atom. The zero-order valence-corrected chi connectivity index (χ0v) is 9.81. The van der Waals surface area contributed by atoms with Crippen LogP contribution in [0.5, 0.6) is 0 Å². The molecule has 0 N–H and O–H groups in total. The minimum absolute atomic E-state index is 0.181. The lowest BCUT2D eigenvalue weighted by atomic mass is 10.0. The van der Waals surface area contributed by atoms with Crippen molar-refractivity contribution in [2.24, 2.45) is 0 Å². The SMILES string of the molecule is CC(C)OCc1noc(C2CCCOC2)n1. The van der Waals surface area contributed by atoms with Gasteiger partial charge in [-0.15, -0.1) is 0 Å². The lowest BCUT2D eigenvalue weighted by molar-refractivity contribution is 0.0600. The predicted molar refractivity (Wildman–Crippen MR) is 57.0 cm³/mol. The van der Waals surface area contributed by atoms with Crippen molar-refractivity contribution in [1.29, 1.82) is 0 Å². The molecule has 1 fully saturated rings. The van der Waals surface area contributed by atoms with Crippen LogP contribution in [0.15, 0.2) is 4.52 Å². The summed E-state index contributed by atoms with van der Waals surface area (Å²) in [6, 6.07) is 0. The molecule has 5 heteroatoms. The fourth-order valence-electron chi connectivity index (χ4n) is 1.67. The van der Waals surface area contributed by atoms with Crippen LogP contribution in [0.25, 0.3) is 0 Å². The Morgan fingerprint density at radius 2 is 2.38 bits per heavy atom. The van der Waals surface area contributed by atoms with Crippen LogP contribution < -0.4 is 0 Å². The van der Waals surface area contributed by atoms with E-state index < -0.39 is 0 Å². The first-order valence-electron chi connectivity index (χ1n) is 5.77. The summed E-state index contributed by atoms with van der Waals surface area (Å²) in [5.41, 5.74) is 0. The Kier molecular flexibility index (Phi) is 3.90. The molecule has 0 aliphatic carbocycles. The molecule has 0 saturated carbocycles. The fraction of sp³-hybridized carbons (Fsp3) is 0.818. The number of hydrogen-bond acceptors (Lipinski definition) is 5. The third-order valence-corrected chi connectivity index (χ3v) is 2.54. The minimum Gasteiger partial charge on any atom is -0.381 e. The highest BCUT2D eigenvalue weighted by Gasteiger charge is 2.22. The van der Waals surface area contributed by atoms with E-state index in [0.717, 1.165) is 19.4 Å². The summed E-state index contributed by atoms with van der Waals surface area (Å²) >= 11 is 0. The second-order valence-electron chi connectivity index (χ2n) is 4.32. The Hall–Kier alpha value is -0.940. The van der Waals surface area contributed by atoms with Gasteiger partial charge in [0.25, 0.3) is 0 Å². The van der Waals surface area contributed by atoms with E-state index in [9.17, 15) is 0 Å². The Morgan fingerprint density at radius 1 is 1.50 bits per heavy atom. The number of nitrogens with zero attached hydrogens (tertiary/aromatic N) is 2. The summed E-state index contributed by atoms with van der Waals surface area (Å²) < 4.78 is 16.0. The molecule has 2 heterocycles. The van der Waals surface area contributed by atoms with Crippen molar-refractivity contribution in [2.75, 3.05) is 13.2 Å². The van der Waals surface area contributed by atoms with Crippen molar-refractivity contribution < 1.29 is 14.0 Å². The van der Waals surface area contributed by atoms with E-state index in [1.54, 1.807) is 0 Å². The molecular formula is C11H18N2O3. The molecule has 0 bridgehead atoms. The molecule has 1 unspecified atom stereocenters. The first-order chi connectivity index (χ1) is 7.75. The van der Waals surface area contributed by atoms with Gasteiger partial charge >= 0.3 is 0 Å². The maximum Gasteiger partial charge on any atom is 0.232 e. The van der Waals surface area contributed by atoms with Crippen LogP contribution >= 0.6 is 0 Å². The van der Waals surface area contributed by atoms with E-state index in [1.165, 1.54) is 0 Å². The standard InChI is InChI=1S/C11H18N2O3/c1-8(2)15-7-10-12-11(16-13-10)9-4-3-5-14-6-9/h8-9H,3-7H2,1-2H3. The summed E-state index contributed by atoms with van der Waals surface area (Å²) in [6.07, 6.45) is 2.30. The topological polar surface area (TPSA) is 57.4 Å². The second kappa shape index (κ2) is 5.41. The molecule has 16 heavy (non-hydrogen) atoms. The fourth-order valence-corrected chi connectivity index (χ4v) is 1.67. The smallest absolute Gasteiger partial charge is 0.232 e. The van der Waals surface area contributed by atoms with Crippen molar-refractivity contribution in [3.63, 3.8) is 0 Å². The monoisotopic (exact) mass is 226 g/mol. The zero-order chi connectivity index (χ0) is 11.4. The predicted octanol–water partition coefficient (Wildman–Crippen LogP) is 1.89. The van der Waals surface area contributed by atoms with Crippen molar-refractivity contribution in [3.05, 3.63) is 11.7 Å². The molecule has 90 valence electrons. The first kappa shape index (κ1) is 11.5. The second-order valence-corrected chi connectivity index (χ2v) is 4.32. The molecule has 2 rings (SSSR count). The van der Waals surface area contributed by atoms with Crippen LogP contribution in [-0.2, 0) is 16.1 Å². The quantitative estimate of drug-likeness (QED) is 0.784. The van der Waals surface area contributed by atoms with Gasteiger partial charge in [0.1, 0.15) is 6.61 Å². The van der Waals surface area contributed by atoms with Crippen LogP contribution in [0.1, 0.15) is 44.3 Å². The van der Waals surface area contributed by atoms with Crippen LogP contribution in [0.4, 0.5) is 0 Å². The summed E-state index contributed by atoms with van der Waals surface area (Å²) in [6.45, 7) is 5.90. The van der Waals surface area contributed by atoms with E-state index in [2.05, 4.69) is 10.1 Å². The average molecular weight is 226 g/mol. The molecule has 1 aliphatic heterocycles. The average Bonchev–Trinajstić information content (AvgIpc) is 2.76. The van der Waals surface area contributed by atoms with E-state index in [-0.39, 0.29) is 12.0 Å². The van der Waals surface area contributed by atoms with E-state index >= 15 is 0 Å². The number of hydrogen-bond donors (Lipinski definition) is 0. The maximum atomic E-state index is 5.41. The molecule has 1 aromatic rings. The van der Waals surface area contributed by atoms with E-state index in [4.69, 9.17) is 14.0 Å². The van der Waals surface area contributed by atoms with Gasteiger partial charge in [-0.3, -0.25) is 0 Å².